The van der Waals surface area contributed by atoms with Gasteiger partial charge < -0.3 is 35.0 Å². The molecule has 0 spiro atoms. The summed E-state index contributed by atoms with van der Waals surface area (Å²) in [7, 11) is 0. The summed E-state index contributed by atoms with van der Waals surface area (Å²) < 4.78 is 11.0. The number of ether oxygens (including phenoxy) is 2. The predicted molar refractivity (Wildman–Crippen MR) is 105 cm³/mol. The molecule has 1 heterocycles. The third kappa shape index (κ3) is 4.16. The number of benzene rings is 2. The maximum absolute atomic E-state index is 11.1. The van der Waals surface area contributed by atoms with Gasteiger partial charge in [0, 0.05) is 5.56 Å². The molecule has 0 bridgehead atoms. The first-order chi connectivity index (χ1) is 13.7. The van der Waals surface area contributed by atoms with E-state index in [1.165, 1.54) is 6.92 Å². The molecule has 1 saturated heterocycles. The molecule has 2 aromatic rings. The van der Waals surface area contributed by atoms with Crippen LogP contribution in [0.25, 0.3) is 0 Å². The fraction of sp³-hybridized carbons (Fsp3) is 0.455. The molecule has 0 aromatic heterocycles. The Labute approximate surface area is 169 Å². The lowest BCUT2D eigenvalue weighted by atomic mass is 9.82. The Bertz CT molecular complexity index is 824. The molecule has 158 valence electrons. The van der Waals surface area contributed by atoms with Crippen molar-refractivity contribution in [1.29, 1.82) is 0 Å². The Morgan fingerprint density at radius 2 is 1.69 bits per heavy atom. The molecule has 2 aromatic carbocycles. The van der Waals surface area contributed by atoms with Gasteiger partial charge in [-0.2, -0.15) is 0 Å². The fourth-order valence-corrected chi connectivity index (χ4v) is 3.61. The first-order valence-corrected chi connectivity index (χ1v) is 9.62. The van der Waals surface area contributed by atoms with Crippen LogP contribution in [0.4, 0.5) is 0 Å². The minimum absolute atomic E-state index is 0.221. The van der Waals surface area contributed by atoms with E-state index in [1.54, 1.807) is 18.2 Å². The molecule has 5 atom stereocenters. The van der Waals surface area contributed by atoms with Crippen molar-refractivity contribution in [2.24, 2.45) is 0 Å². The van der Waals surface area contributed by atoms with Crippen LogP contribution in [0.3, 0.4) is 0 Å². The third-order valence-electron chi connectivity index (χ3n) is 5.36. The number of hydrogen-bond acceptors (Lipinski definition) is 7. The number of aliphatic hydroxyl groups is 5. The lowest BCUT2D eigenvalue weighted by Crippen LogP contribution is -2.68. The first-order valence-electron chi connectivity index (χ1n) is 9.62. The van der Waals surface area contributed by atoms with E-state index in [2.05, 4.69) is 0 Å². The molecular formula is C22H28O7. The average Bonchev–Trinajstić information content (AvgIpc) is 2.73. The van der Waals surface area contributed by atoms with Gasteiger partial charge in [0.25, 0.3) is 0 Å². The van der Waals surface area contributed by atoms with Gasteiger partial charge in [0.05, 0.1) is 13.2 Å². The van der Waals surface area contributed by atoms with Crippen molar-refractivity contribution in [3.8, 4) is 5.75 Å². The van der Waals surface area contributed by atoms with Crippen molar-refractivity contribution in [1.82, 2.24) is 0 Å². The summed E-state index contributed by atoms with van der Waals surface area (Å²) in [6.07, 6.45) is -4.48. The highest BCUT2D eigenvalue weighted by atomic mass is 16.7. The second-order valence-electron chi connectivity index (χ2n) is 7.60. The molecular weight excluding hydrogens is 376 g/mol. The van der Waals surface area contributed by atoms with Gasteiger partial charge in [0.2, 0.25) is 5.79 Å². The molecule has 3 rings (SSSR count). The summed E-state index contributed by atoms with van der Waals surface area (Å²) in [4.78, 5) is 0. The maximum Gasteiger partial charge on any atom is 0.222 e. The SMILES string of the molecule is CCOc1ccc(Cc2cccc([C@]3(O)O[C@](C)(CO)[C@@H](O)[C@H](O)[C@H]3O)c2)cc1. The van der Waals surface area contributed by atoms with E-state index >= 15 is 0 Å². The Kier molecular flexibility index (Phi) is 6.28. The summed E-state index contributed by atoms with van der Waals surface area (Å²) in [5.41, 5.74) is 0.457. The van der Waals surface area contributed by atoms with Crippen LogP contribution in [0.2, 0.25) is 0 Å². The lowest BCUT2D eigenvalue weighted by Gasteiger charge is -2.50. The van der Waals surface area contributed by atoms with Gasteiger partial charge in [0.1, 0.15) is 29.7 Å². The summed E-state index contributed by atoms with van der Waals surface area (Å²) >= 11 is 0. The number of rotatable bonds is 6. The van der Waals surface area contributed by atoms with E-state index in [0.717, 1.165) is 16.9 Å². The number of hydrogen-bond donors (Lipinski definition) is 5. The molecule has 7 heteroatoms. The molecule has 5 N–H and O–H groups in total. The Morgan fingerprint density at radius 1 is 1.00 bits per heavy atom. The zero-order valence-corrected chi connectivity index (χ0v) is 16.5. The van der Waals surface area contributed by atoms with Gasteiger partial charge in [-0.05, 0) is 49.6 Å². The molecule has 1 aliphatic rings. The van der Waals surface area contributed by atoms with E-state index < -0.39 is 36.3 Å². The van der Waals surface area contributed by atoms with Gasteiger partial charge in [-0.25, -0.2) is 0 Å². The topological polar surface area (TPSA) is 120 Å². The normalized spacial score (nSPS) is 32.2. The van der Waals surface area contributed by atoms with Gasteiger partial charge in [-0.3, -0.25) is 0 Å². The van der Waals surface area contributed by atoms with Crippen LogP contribution in [0.5, 0.6) is 5.75 Å². The van der Waals surface area contributed by atoms with E-state index in [-0.39, 0.29) is 5.56 Å². The largest absolute Gasteiger partial charge is 0.494 e. The molecule has 0 radical (unpaired) electrons. The maximum atomic E-state index is 11.1. The van der Waals surface area contributed by atoms with Gasteiger partial charge in [-0.15, -0.1) is 0 Å². The monoisotopic (exact) mass is 404 g/mol. The highest BCUT2D eigenvalue weighted by molar-refractivity contribution is 5.35. The second kappa shape index (κ2) is 8.39. The van der Waals surface area contributed by atoms with E-state index in [0.29, 0.717) is 13.0 Å². The fourth-order valence-electron chi connectivity index (χ4n) is 3.61. The highest BCUT2D eigenvalue weighted by Crippen LogP contribution is 2.41. The summed E-state index contributed by atoms with van der Waals surface area (Å²) in [6, 6.07) is 14.5. The van der Waals surface area contributed by atoms with Crippen LogP contribution in [0.1, 0.15) is 30.5 Å². The van der Waals surface area contributed by atoms with Gasteiger partial charge >= 0.3 is 0 Å². The zero-order valence-electron chi connectivity index (χ0n) is 16.5. The number of aliphatic hydroxyl groups excluding tert-OH is 4. The Morgan fingerprint density at radius 3 is 2.31 bits per heavy atom. The van der Waals surface area contributed by atoms with Crippen molar-refractivity contribution >= 4 is 0 Å². The minimum Gasteiger partial charge on any atom is -0.494 e. The van der Waals surface area contributed by atoms with Crippen LogP contribution in [-0.4, -0.2) is 62.7 Å². The van der Waals surface area contributed by atoms with Crippen molar-refractivity contribution in [3.05, 3.63) is 65.2 Å². The van der Waals surface area contributed by atoms with Crippen molar-refractivity contribution in [2.75, 3.05) is 13.2 Å². The van der Waals surface area contributed by atoms with Crippen LogP contribution in [0, 0.1) is 0 Å². The van der Waals surface area contributed by atoms with Crippen LogP contribution >= 0.6 is 0 Å². The molecule has 7 nitrogen and oxygen atoms in total. The van der Waals surface area contributed by atoms with Crippen LogP contribution < -0.4 is 4.74 Å². The first kappa shape index (κ1) is 21.7. The lowest BCUT2D eigenvalue weighted by molar-refractivity contribution is -0.386. The summed E-state index contributed by atoms with van der Waals surface area (Å²) in [6.45, 7) is 3.23. The Balaban J connectivity index is 1.87. The van der Waals surface area contributed by atoms with E-state index in [4.69, 9.17) is 9.47 Å². The van der Waals surface area contributed by atoms with Gasteiger partial charge in [-0.1, -0.05) is 30.3 Å². The third-order valence-corrected chi connectivity index (χ3v) is 5.36. The van der Waals surface area contributed by atoms with Crippen LogP contribution in [-0.2, 0) is 16.9 Å². The van der Waals surface area contributed by atoms with Crippen molar-refractivity contribution in [3.63, 3.8) is 0 Å². The molecule has 0 saturated carbocycles. The van der Waals surface area contributed by atoms with E-state index in [1.807, 2.05) is 37.3 Å². The molecule has 1 aliphatic heterocycles. The molecule has 29 heavy (non-hydrogen) atoms. The molecule has 0 unspecified atom stereocenters. The van der Waals surface area contributed by atoms with E-state index in [9.17, 15) is 25.5 Å². The quantitative estimate of drug-likeness (QED) is 0.480. The van der Waals surface area contributed by atoms with Crippen LogP contribution in [0.15, 0.2) is 48.5 Å². The van der Waals surface area contributed by atoms with Crippen molar-refractivity contribution < 1.29 is 35.0 Å². The van der Waals surface area contributed by atoms with Gasteiger partial charge in [0.15, 0.2) is 0 Å². The van der Waals surface area contributed by atoms with Crippen molar-refractivity contribution in [2.45, 2.75) is 50.0 Å². The zero-order chi connectivity index (χ0) is 21.2. The standard InChI is InChI=1S/C22H28O7/c1-3-28-17-9-7-14(8-10-17)11-15-5-4-6-16(12-15)22(27)20(26)18(24)19(25)21(2,13-23)29-22/h4-10,12,18-20,23-27H,3,11,13H2,1-2H3/t18-,19-,20+,21+,22-/m0/s1. The smallest absolute Gasteiger partial charge is 0.222 e. The molecule has 0 aliphatic carbocycles. The molecule has 1 fully saturated rings. The Hall–Kier alpha value is -2.00. The summed E-state index contributed by atoms with van der Waals surface area (Å²) in [5.74, 6) is -1.50. The summed E-state index contributed by atoms with van der Waals surface area (Å²) in [5, 5.41) is 51.5. The minimum atomic E-state index is -2.29. The highest BCUT2D eigenvalue weighted by Gasteiger charge is 2.58. The molecule has 0 amide bonds. The second-order valence-corrected chi connectivity index (χ2v) is 7.60. The average molecular weight is 404 g/mol. The predicted octanol–water partition coefficient (Wildman–Crippen LogP) is 0.685.